The Morgan fingerprint density at radius 3 is 1.47 bits per heavy atom. The summed E-state index contributed by atoms with van der Waals surface area (Å²) in [7, 11) is 23.8. The Kier molecular flexibility index (Phi) is 14.2. The molecule has 17 heavy (non-hydrogen) atoms. The van der Waals surface area contributed by atoms with Crippen LogP contribution in [0.5, 0.6) is 0 Å². The number of rotatable bonds is 7. The summed E-state index contributed by atoms with van der Waals surface area (Å²) in [4.78, 5) is 0. The summed E-state index contributed by atoms with van der Waals surface area (Å²) >= 11 is 0. The van der Waals surface area contributed by atoms with Crippen molar-refractivity contribution in [2.45, 2.75) is 45.4 Å². The molecule has 0 aromatic carbocycles. The second kappa shape index (κ2) is 11.5. The quantitative estimate of drug-likeness (QED) is 0.329. The lowest BCUT2D eigenvalue weighted by molar-refractivity contribution is -0.870. The third-order valence-corrected chi connectivity index (χ3v) is 2.18. The highest BCUT2D eigenvalue weighted by Crippen LogP contribution is 2.23. The van der Waals surface area contributed by atoms with Crippen LogP contribution in [-0.4, -0.2) is 41.6 Å². The van der Waals surface area contributed by atoms with Crippen LogP contribution in [0.4, 0.5) is 0 Å². The molecular formula is C11H26AlCl4N. The van der Waals surface area contributed by atoms with Gasteiger partial charge in [0, 0.05) is 0 Å². The largest absolute Gasteiger partial charge is 0.564 e. The molecule has 0 aliphatic carbocycles. The fourth-order valence-electron chi connectivity index (χ4n) is 1.37. The summed E-state index contributed by atoms with van der Waals surface area (Å²) < 4.78 is 1.12. The van der Waals surface area contributed by atoms with Crippen molar-refractivity contribution in [2.75, 3.05) is 27.7 Å². The fraction of sp³-hybridized carbons (Fsp3) is 1.00. The number of nitrogens with zero attached hydrogens (tertiary/aromatic N) is 1. The molecule has 0 amide bonds. The lowest BCUT2D eigenvalue weighted by atomic mass is 10.1. The summed E-state index contributed by atoms with van der Waals surface area (Å²) in [6.45, 7) is 3.60. The molecule has 0 saturated heterocycles. The molecule has 0 atom stereocenters. The maximum absolute atomic E-state index is 4.99. The first kappa shape index (κ1) is 21.0. The van der Waals surface area contributed by atoms with E-state index in [1.807, 2.05) is 0 Å². The molecule has 0 aliphatic rings. The first-order valence-corrected chi connectivity index (χ1v) is 13.2. The van der Waals surface area contributed by atoms with Gasteiger partial charge in [0.25, 0.3) is 0 Å². The second-order valence-corrected chi connectivity index (χ2v) is 18.1. The average Bonchev–Trinajstić information content (AvgIpc) is 2.06. The standard InChI is InChI=1S/C11H26N.Al.4ClH/c1-5-6-7-8-9-10-11-12(2,3)4;;;;;/h5-11H2,1-4H3;;4*1H/q+1;+3;;;;/p-4. The maximum atomic E-state index is 4.99. The normalized spacial score (nSPS) is 12.0. The molecule has 0 spiro atoms. The zero-order valence-electron chi connectivity index (χ0n) is 11.5. The topological polar surface area (TPSA) is 0 Å². The van der Waals surface area contributed by atoms with E-state index >= 15 is 0 Å². The van der Waals surface area contributed by atoms with Gasteiger partial charge in [-0.2, -0.15) is 0 Å². The van der Waals surface area contributed by atoms with Crippen LogP contribution in [0.3, 0.4) is 0 Å². The van der Waals surface area contributed by atoms with Gasteiger partial charge >= 0.3 is 9.39 Å². The van der Waals surface area contributed by atoms with Crippen LogP contribution in [-0.2, 0) is 0 Å². The van der Waals surface area contributed by atoms with E-state index in [1.165, 1.54) is 45.1 Å². The van der Waals surface area contributed by atoms with Crippen LogP contribution in [0.25, 0.3) is 0 Å². The van der Waals surface area contributed by atoms with Crippen LogP contribution in [0.2, 0.25) is 0 Å². The number of halogens is 4. The van der Waals surface area contributed by atoms with E-state index in [4.69, 9.17) is 40.2 Å². The Hall–Kier alpha value is 1.65. The van der Waals surface area contributed by atoms with Crippen molar-refractivity contribution in [1.29, 1.82) is 0 Å². The van der Waals surface area contributed by atoms with Crippen molar-refractivity contribution in [2.24, 2.45) is 0 Å². The second-order valence-electron chi connectivity index (χ2n) is 5.28. The minimum absolute atomic E-state index is 1.12. The number of hydrogen-bond donors (Lipinski definition) is 0. The Labute approximate surface area is 126 Å². The van der Waals surface area contributed by atoms with Crippen molar-refractivity contribution in [3.8, 4) is 0 Å². The van der Waals surface area contributed by atoms with E-state index in [0.717, 1.165) is 4.48 Å². The van der Waals surface area contributed by atoms with Crippen LogP contribution in [0.1, 0.15) is 45.4 Å². The van der Waals surface area contributed by atoms with Gasteiger partial charge in [0.05, 0.1) is 27.7 Å². The Balaban J connectivity index is 0. The minimum Gasteiger partial charge on any atom is -0.391 e. The van der Waals surface area contributed by atoms with Crippen molar-refractivity contribution in [1.82, 2.24) is 0 Å². The summed E-state index contributed by atoms with van der Waals surface area (Å²) in [5.41, 5.74) is 0. The van der Waals surface area contributed by atoms with Crippen molar-refractivity contribution >= 4 is 49.6 Å². The van der Waals surface area contributed by atoms with E-state index in [9.17, 15) is 0 Å². The lowest BCUT2D eigenvalue weighted by Crippen LogP contribution is -2.35. The van der Waals surface area contributed by atoms with E-state index in [2.05, 4.69) is 28.1 Å². The Morgan fingerprint density at radius 2 is 1.12 bits per heavy atom. The van der Waals surface area contributed by atoms with E-state index in [1.54, 1.807) is 0 Å². The zero-order valence-corrected chi connectivity index (χ0v) is 15.7. The summed E-state index contributed by atoms with van der Waals surface area (Å²) in [6.07, 6.45) is 8.48. The van der Waals surface area contributed by atoms with E-state index in [-0.39, 0.29) is 0 Å². The molecule has 0 radical (unpaired) electrons. The lowest BCUT2D eigenvalue weighted by Gasteiger charge is -2.23. The van der Waals surface area contributed by atoms with Crippen LogP contribution >= 0.6 is 40.2 Å². The van der Waals surface area contributed by atoms with Gasteiger partial charge < -0.3 is 44.7 Å². The highest BCUT2D eigenvalue weighted by Gasteiger charge is 2.14. The molecule has 0 fully saturated rings. The van der Waals surface area contributed by atoms with Crippen molar-refractivity contribution in [3.05, 3.63) is 0 Å². The molecule has 6 heteroatoms. The zero-order chi connectivity index (χ0) is 13.9. The first-order chi connectivity index (χ1) is 7.56. The Morgan fingerprint density at radius 1 is 0.765 bits per heavy atom. The summed E-state index contributed by atoms with van der Waals surface area (Å²) in [5, 5.41) is 0. The summed E-state index contributed by atoms with van der Waals surface area (Å²) in [5.74, 6) is 0. The van der Waals surface area contributed by atoms with Gasteiger partial charge in [-0.1, -0.05) is 32.6 Å². The third kappa shape index (κ3) is 38.1. The van der Waals surface area contributed by atoms with Crippen LogP contribution < -0.4 is 0 Å². The molecular weight excluding hydrogens is 315 g/mol. The molecule has 1 nitrogen and oxygen atoms in total. The molecule has 0 N–H and O–H groups in total. The number of quaternary nitrogens is 1. The Bertz CT molecular complexity index is 160. The first-order valence-electron chi connectivity index (χ1n) is 6.24. The van der Waals surface area contributed by atoms with Gasteiger partial charge in [-0.05, 0) is 12.8 Å². The molecule has 0 aliphatic heterocycles. The molecule has 0 unspecified atom stereocenters. The minimum atomic E-state index is -2.94. The number of unbranched alkanes of at least 4 members (excludes halogenated alkanes) is 5. The molecule has 0 rings (SSSR count). The highest BCUT2D eigenvalue weighted by atomic mass is 35.9. The van der Waals surface area contributed by atoms with E-state index in [0.29, 0.717) is 0 Å². The predicted molar refractivity (Wildman–Crippen MR) is 85.4 cm³/mol. The SMILES string of the molecule is CCCCCCCC[N+](C)(C)C.[Cl][Al-]([Cl])([Cl])[Cl]. The highest BCUT2D eigenvalue weighted by molar-refractivity contribution is 7.81. The number of hydrogen-bond acceptors (Lipinski definition) is 0. The van der Waals surface area contributed by atoms with Gasteiger partial charge in [0.2, 0.25) is 0 Å². The molecule has 0 bridgehead atoms. The predicted octanol–water partition coefficient (Wildman–Crippen LogP) is 5.43. The van der Waals surface area contributed by atoms with Gasteiger partial charge in [0.1, 0.15) is 0 Å². The molecule has 0 aromatic rings. The van der Waals surface area contributed by atoms with Crippen molar-refractivity contribution < 1.29 is 4.48 Å². The monoisotopic (exact) mass is 339 g/mol. The van der Waals surface area contributed by atoms with Gasteiger partial charge in [-0.15, -0.1) is 0 Å². The van der Waals surface area contributed by atoms with Crippen molar-refractivity contribution in [3.63, 3.8) is 0 Å². The maximum Gasteiger partial charge on any atom is 0.564 e. The molecule has 0 aromatic heterocycles. The molecule has 0 saturated carbocycles. The summed E-state index contributed by atoms with van der Waals surface area (Å²) in [6, 6.07) is 0. The van der Waals surface area contributed by atoms with Crippen LogP contribution in [0.15, 0.2) is 0 Å². The van der Waals surface area contributed by atoms with Crippen LogP contribution in [0, 0.1) is 0 Å². The molecule has 0 heterocycles. The average molecular weight is 341 g/mol. The van der Waals surface area contributed by atoms with Gasteiger partial charge in [-0.25, -0.2) is 0 Å². The van der Waals surface area contributed by atoms with E-state index < -0.39 is 9.39 Å². The third-order valence-electron chi connectivity index (χ3n) is 2.18. The fourth-order valence-corrected chi connectivity index (χ4v) is 1.37. The molecule has 106 valence electrons. The van der Waals surface area contributed by atoms with Gasteiger partial charge in [-0.3, -0.25) is 0 Å². The smallest absolute Gasteiger partial charge is 0.391 e. The van der Waals surface area contributed by atoms with Gasteiger partial charge in [0.15, 0.2) is 0 Å².